The quantitative estimate of drug-likeness (QED) is 0.421. The van der Waals surface area contributed by atoms with Crippen molar-refractivity contribution < 1.29 is 14.3 Å². The summed E-state index contributed by atoms with van der Waals surface area (Å²) in [5.74, 6) is 0.412. The molecule has 158 valence electrons. The maximum absolute atomic E-state index is 12.6. The van der Waals surface area contributed by atoms with Gasteiger partial charge in [0.2, 0.25) is 11.8 Å². The first-order valence-corrected chi connectivity index (χ1v) is 11.2. The number of anilines is 1. The van der Waals surface area contributed by atoms with E-state index in [-0.39, 0.29) is 17.4 Å². The second kappa shape index (κ2) is 10.2. The first-order valence-electron chi connectivity index (χ1n) is 9.40. The minimum absolute atomic E-state index is 0.143. The highest BCUT2D eigenvalue weighted by Crippen LogP contribution is 2.32. The molecule has 0 saturated heterocycles. The number of amides is 2. The number of benzene rings is 1. The molecule has 1 aromatic heterocycles. The van der Waals surface area contributed by atoms with E-state index in [4.69, 9.17) is 4.74 Å². The molecule has 8 heteroatoms. The van der Waals surface area contributed by atoms with Gasteiger partial charge in [-0.15, -0.1) is 17.9 Å². The van der Waals surface area contributed by atoms with Gasteiger partial charge in [0.25, 0.3) is 0 Å². The third-order valence-electron chi connectivity index (χ3n) is 4.37. The fourth-order valence-electron chi connectivity index (χ4n) is 2.56. The molecule has 0 aliphatic carbocycles. The van der Waals surface area contributed by atoms with Gasteiger partial charge in [0.05, 0.1) is 15.8 Å². The Bertz CT molecular complexity index is 876. The lowest BCUT2D eigenvalue weighted by Gasteiger charge is -2.21. The van der Waals surface area contributed by atoms with Crippen LogP contribution in [0.1, 0.15) is 40.5 Å². The molecule has 0 fully saturated rings. The van der Waals surface area contributed by atoms with E-state index < -0.39 is 6.04 Å². The Morgan fingerprint density at radius 2 is 2.07 bits per heavy atom. The normalized spacial score (nSPS) is 12.6. The number of ether oxygens (including phenoxy) is 1. The van der Waals surface area contributed by atoms with Crippen LogP contribution in [0.25, 0.3) is 10.2 Å². The average molecular weight is 436 g/mol. The van der Waals surface area contributed by atoms with Crippen molar-refractivity contribution in [2.45, 2.75) is 56.5 Å². The molecule has 0 aliphatic rings. The lowest BCUT2D eigenvalue weighted by atomic mass is 10.1. The van der Waals surface area contributed by atoms with Crippen molar-refractivity contribution in [3.63, 3.8) is 0 Å². The number of thiazole rings is 1. The van der Waals surface area contributed by atoms with Gasteiger partial charge in [-0.05, 0) is 51.8 Å². The van der Waals surface area contributed by atoms with Gasteiger partial charge < -0.3 is 15.4 Å². The third kappa shape index (κ3) is 7.45. The molecule has 2 amide bonds. The number of thioether (sulfide) groups is 1. The molecule has 6 nitrogen and oxygen atoms in total. The van der Waals surface area contributed by atoms with Crippen LogP contribution in [0.4, 0.5) is 5.69 Å². The summed E-state index contributed by atoms with van der Waals surface area (Å²) in [6.07, 6.45) is 1.32. The highest BCUT2D eigenvalue weighted by atomic mass is 32.2. The zero-order valence-electron chi connectivity index (χ0n) is 17.6. The number of fused-ring (bicyclic) bond motifs is 1. The topological polar surface area (TPSA) is 80.3 Å². The second-order valence-corrected chi connectivity index (χ2v) is 10.0. The van der Waals surface area contributed by atoms with Crippen molar-refractivity contribution in [3.05, 3.63) is 30.4 Å². The molecule has 1 heterocycles. The summed E-state index contributed by atoms with van der Waals surface area (Å²) in [5, 5.41) is 5.56. The number of hydrogen-bond acceptors (Lipinski definition) is 6. The lowest BCUT2D eigenvalue weighted by Crippen LogP contribution is -2.43. The Kier molecular flexibility index (Phi) is 8.24. The summed E-state index contributed by atoms with van der Waals surface area (Å²) >= 11 is 3.31. The molecule has 0 radical (unpaired) electrons. The van der Waals surface area contributed by atoms with E-state index in [1.807, 2.05) is 25.1 Å². The van der Waals surface area contributed by atoms with Crippen molar-refractivity contribution in [2.75, 3.05) is 18.2 Å². The van der Waals surface area contributed by atoms with Crippen molar-refractivity contribution in [1.82, 2.24) is 10.3 Å². The summed E-state index contributed by atoms with van der Waals surface area (Å²) in [6.45, 7) is 11.2. The zero-order valence-corrected chi connectivity index (χ0v) is 19.3. The summed E-state index contributed by atoms with van der Waals surface area (Å²) in [6, 6.07) is 5.00. The molecule has 1 unspecified atom stereocenters. The van der Waals surface area contributed by atoms with E-state index in [1.165, 1.54) is 6.92 Å². The molecular weight excluding hydrogens is 406 g/mol. The van der Waals surface area contributed by atoms with Gasteiger partial charge in [0.15, 0.2) is 4.34 Å². The van der Waals surface area contributed by atoms with Crippen LogP contribution in [0, 0.1) is 0 Å². The van der Waals surface area contributed by atoms with Gasteiger partial charge in [-0.2, -0.15) is 0 Å². The molecule has 0 spiro atoms. The number of hydrogen-bond donors (Lipinski definition) is 2. The van der Waals surface area contributed by atoms with Gasteiger partial charge >= 0.3 is 0 Å². The summed E-state index contributed by atoms with van der Waals surface area (Å²) in [5.41, 5.74) is 2.27. The second-order valence-electron chi connectivity index (χ2n) is 7.63. The Hall–Kier alpha value is -1.90. The van der Waals surface area contributed by atoms with Crippen molar-refractivity contribution >= 4 is 50.8 Å². The third-order valence-corrected chi connectivity index (χ3v) is 6.53. The van der Waals surface area contributed by atoms with Crippen LogP contribution < -0.4 is 10.6 Å². The molecule has 0 saturated carbocycles. The molecular formula is C21H29N3O3S2. The van der Waals surface area contributed by atoms with Crippen LogP contribution in [-0.2, 0) is 14.3 Å². The highest BCUT2D eigenvalue weighted by Gasteiger charge is 2.20. The molecule has 2 N–H and O–H groups in total. The number of aromatic nitrogens is 1. The van der Waals surface area contributed by atoms with Crippen molar-refractivity contribution in [1.29, 1.82) is 0 Å². The Balaban J connectivity index is 2.05. The average Bonchev–Trinajstić information content (AvgIpc) is 3.02. The number of nitrogens with zero attached hydrogens (tertiary/aromatic N) is 1. The first kappa shape index (κ1) is 23.4. The zero-order chi connectivity index (χ0) is 21.6. The molecule has 1 atom stereocenters. The van der Waals surface area contributed by atoms with Gasteiger partial charge in [-0.1, -0.05) is 17.3 Å². The number of rotatable bonds is 10. The minimum atomic E-state index is -0.641. The fourth-order valence-corrected chi connectivity index (χ4v) is 4.98. The van der Waals surface area contributed by atoms with Crippen LogP contribution in [0.15, 0.2) is 34.7 Å². The van der Waals surface area contributed by atoms with Gasteiger partial charge in [0, 0.05) is 25.5 Å². The van der Waals surface area contributed by atoms with Crippen molar-refractivity contribution in [2.24, 2.45) is 0 Å². The summed E-state index contributed by atoms with van der Waals surface area (Å²) in [4.78, 5) is 28.6. The maximum Gasteiger partial charge on any atom is 0.247 e. The first-order chi connectivity index (χ1) is 13.6. The monoisotopic (exact) mass is 435 g/mol. The van der Waals surface area contributed by atoms with Crippen molar-refractivity contribution in [3.8, 4) is 0 Å². The van der Waals surface area contributed by atoms with E-state index in [2.05, 4.69) is 36.0 Å². The summed E-state index contributed by atoms with van der Waals surface area (Å²) < 4.78 is 7.45. The van der Waals surface area contributed by atoms with Gasteiger partial charge in [0.1, 0.15) is 6.04 Å². The number of nitrogens with one attached hydrogen (secondary N) is 2. The molecule has 2 aromatic rings. The van der Waals surface area contributed by atoms with Gasteiger partial charge in [-0.3, -0.25) is 9.59 Å². The van der Waals surface area contributed by atoms with Crippen LogP contribution >= 0.6 is 23.1 Å². The SMILES string of the molecule is C=C(C)CC(NC(C)=O)C(=O)Nc1ccc2nc(SCCC(C)(C)OC)sc2c1. The van der Waals surface area contributed by atoms with Crippen LogP contribution in [-0.4, -0.2) is 41.3 Å². The van der Waals surface area contributed by atoms with Crippen LogP contribution in [0.3, 0.4) is 0 Å². The molecule has 0 aliphatic heterocycles. The van der Waals surface area contributed by atoms with E-state index in [1.54, 1.807) is 30.2 Å². The number of carbonyl (C=O) groups is 2. The van der Waals surface area contributed by atoms with E-state index in [0.717, 1.165) is 32.3 Å². The molecule has 29 heavy (non-hydrogen) atoms. The fraction of sp³-hybridized carbons (Fsp3) is 0.476. The number of carbonyl (C=O) groups excluding carboxylic acids is 2. The Morgan fingerprint density at radius 1 is 1.34 bits per heavy atom. The van der Waals surface area contributed by atoms with Crippen LogP contribution in [0.2, 0.25) is 0 Å². The predicted octanol–water partition coefficient (Wildman–Crippen LogP) is 4.61. The highest BCUT2D eigenvalue weighted by molar-refractivity contribution is 8.01. The molecule has 1 aromatic carbocycles. The number of methoxy groups -OCH3 is 1. The van der Waals surface area contributed by atoms with Crippen LogP contribution in [0.5, 0.6) is 0 Å². The summed E-state index contributed by atoms with van der Waals surface area (Å²) in [7, 11) is 1.73. The van der Waals surface area contributed by atoms with E-state index >= 15 is 0 Å². The Labute approximate surface area is 180 Å². The predicted molar refractivity (Wildman–Crippen MR) is 122 cm³/mol. The minimum Gasteiger partial charge on any atom is -0.379 e. The molecule has 0 bridgehead atoms. The standard InChI is InChI=1S/C21H29N3O3S2/c1-13(2)11-17(22-14(3)25)19(26)23-15-7-8-16-18(12-15)29-20(24-16)28-10-9-21(4,5)27-6/h7-8,12,17H,1,9-11H2,2-6H3,(H,22,25)(H,23,26). The largest absolute Gasteiger partial charge is 0.379 e. The lowest BCUT2D eigenvalue weighted by molar-refractivity contribution is -0.125. The molecule has 2 rings (SSSR count). The maximum atomic E-state index is 12.6. The smallest absolute Gasteiger partial charge is 0.247 e. The van der Waals surface area contributed by atoms with E-state index in [9.17, 15) is 9.59 Å². The Morgan fingerprint density at radius 3 is 2.69 bits per heavy atom. The van der Waals surface area contributed by atoms with E-state index in [0.29, 0.717) is 12.1 Å². The van der Waals surface area contributed by atoms with Gasteiger partial charge in [-0.25, -0.2) is 4.98 Å².